The summed E-state index contributed by atoms with van der Waals surface area (Å²) in [6, 6.07) is 3.22. The smallest absolute Gasteiger partial charge is 0.355 e. The zero-order chi connectivity index (χ0) is 16.6. The zero-order valence-electron chi connectivity index (χ0n) is 11.8. The molecule has 3 rings (SSSR count). The largest absolute Gasteiger partial charge is 0.476 e. The van der Waals surface area contributed by atoms with Crippen LogP contribution in [0, 0.1) is 17.6 Å². The second-order valence-corrected chi connectivity index (χ2v) is 6.21. The Morgan fingerprint density at radius 3 is 2.87 bits per heavy atom. The van der Waals surface area contributed by atoms with Gasteiger partial charge in [-0.15, -0.1) is 11.3 Å². The number of carboxylic acids is 1. The summed E-state index contributed by atoms with van der Waals surface area (Å²) in [5.41, 5.74) is 0.151. The summed E-state index contributed by atoms with van der Waals surface area (Å²) in [6.07, 6.45) is 0.463. The minimum Gasteiger partial charge on any atom is -0.476 e. The first kappa shape index (κ1) is 15.5. The van der Waals surface area contributed by atoms with Crippen LogP contribution in [0.3, 0.4) is 0 Å². The number of carbonyl (C=O) groups is 2. The average molecular weight is 338 g/mol. The molecular formula is C15H12F2N2O3S. The number of halogens is 2. The molecule has 1 aromatic heterocycles. The van der Waals surface area contributed by atoms with Crippen LogP contribution in [-0.4, -0.2) is 22.0 Å². The molecule has 2 aromatic rings. The Bertz CT molecular complexity index is 778. The molecular weight excluding hydrogens is 326 g/mol. The van der Waals surface area contributed by atoms with E-state index >= 15 is 0 Å². The van der Waals surface area contributed by atoms with Crippen molar-refractivity contribution in [3.63, 3.8) is 0 Å². The van der Waals surface area contributed by atoms with Crippen molar-refractivity contribution in [3.05, 3.63) is 51.5 Å². The Hall–Kier alpha value is -2.35. The summed E-state index contributed by atoms with van der Waals surface area (Å²) in [6.45, 7) is 0.117. The molecule has 1 saturated carbocycles. The van der Waals surface area contributed by atoms with Crippen LogP contribution in [0.25, 0.3) is 0 Å². The second-order valence-electron chi connectivity index (χ2n) is 5.26. The van der Waals surface area contributed by atoms with Crippen molar-refractivity contribution >= 4 is 23.2 Å². The van der Waals surface area contributed by atoms with Gasteiger partial charge in [0.2, 0.25) is 5.91 Å². The van der Waals surface area contributed by atoms with Gasteiger partial charge in [0.15, 0.2) is 5.69 Å². The number of nitrogens with one attached hydrogen (secondary N) is 1. The molecule has 2 atom stereocenters. The SMILES string of the molecule is O=C(O)c1csc(CNC(=O)C2CC2c2cc(F)ccc2F)n1. The van der Waals surface area contributed by atoms with Gasteiger partial charge < -0.3 is 10.4 Å². The Morgan fingerprint density at radius 2 is 2.17 bits per heavy atom. The lowest BCUT2D eigenvalue weighted by molar-refractivity contribution is -0.122. The van der Waals surface area contributed by atoms with Crippen LogP contribution in [0.4, 0.5) is 8.78 Å². The number of hydrogen-bond donors (Lipinski definition) is 2. The van der Waals surface area contributed by atoms with E-state index in [-0.39, 0.29) is 29.6 Å². The Kier molecular flexibility index (Phi) is 4.08. The number of carbonyl (C=O) groups excluding carboxylic acids is 1. The van der Waals surface area contributed by atoms with Crippen LogP contribution in [-0.2, 0) is 11.3 Å². The number of aromatic carboxylic acids is 1. The van der Waals surface area contributed by atoms with E-state index in [1.165, 1.54) is 5.38 Å². The van der Waals surface area contributed by atoms with Crippen molar-refractivity contribution in [2.75, 3.05) is 0 Å². The highest BCUT2D eigenvalue weighted by molar-refractivity contribution is 7.09. The molecule has 0 radical (unpaired) electrons. The van der Waals surface area contributed by atoms with Gasteiger partial charge >= 0.3 is 5.97 Å². The number of aromatic nitrogens is 1. The standard InChI is InChI=1S/C15H12F2N2O3S/c16-7-1-2-11(17)9(3-7)8-4-10(8)14(20)18-5-13-19-12(6-23-13)15(21)22/h1-3,6,8,10H,4-5H2,(H,18,20)(H,21,22). The predicted molar refractivity (Wildman–Crippen MR) is 78.1 cm³/mol. The molecule has 8 heteroatoms. The van der Waals surface area contributed by atoms with Gasteiger partial charge in [0, 0.05) is 11.3 Å². The third-order valence-corrected chi connectivity index (χ3v) is 4.52. The highest BCUT2D eigenvalue weighted by atomic mass is 32.1. The number of thiazole rings is 1. The molecule has 5 nitrogen and oxygen atoms in total. The predicted octanol–water partition coefficient (Wildman–Crippen LogP) is 2.54. The maximum atomic E-state index is 13.7. The highest BCUT2D eigenvalue weighted by Gasteiger charge is 2.45. The molecule has 0 bridgehead atoms. The van der Waals surface area contributed by atoms with Crippen LogP contribution in [0.1, 0.15) is 33.4 Å². The molecule has 1 heterocycles. The topological polar surface area (TPSA) is 79.3 Å². The number of nitrogens with zero attached hydrogens (tertiary/aromatic N) is 1. The number of rotatable bonds is 5. The molecule has 1 aliphatic carbocycles. The first-order valence-electron chi connectivity index (χ1n) is 6.86. The number of carboxylic acid groups (broad SMARTS) is 1. The van der Waals surface area contributed by atoms with Crippen LogP contribution in [0.15, 0.2) is 23.6 Å². The van der Waals surface area contributed by atoms with E-state index in [1.807, 2.05) is 0 Å². The first-order chi connectivity index (χ1) is 11.0. The van der Waals surface area contributed by atoms with Crippen molar-refractivity contribution in [1.82, 2.24) is 10.3 Å². The summed E-state index contributed by atoms with van der Waals surface area (Å²) in [5, 5.41) is 13.3. The van der Waals surface area contributed by atoms with Crippen LogP contribution in [0.5, 0.6) is 0 Å². The summed E-state index contributed by atoms with van der Waals surface area (Å²) in [7, 11) is 0. The summed E-state index contributed by atoms with van der Waals surface area (Å²) in [5.74, 6) is -3.16. The van der Waals surface area contributed by atoms with Gasteiger partial charge in [0.1, 0.15) is 16.6 Å². The lowest BCUT2D eigenvalue weighted by atomic mass is 10.1. The zero-order valence-corrected chi connectivity index (χ0v) is 12.6. The Morgan fingerprint density at radius 1 is 1.39 bits per heavy atom. The monoisotopic (exact) mass is 338 g/mol. The molecule has 23 heavy (non-hydrogen) atoms. The van der Waals surface area contributed by atoms with Gasteiger partial charge in [-0.2, -0.15) is 0 Å². The lowest BCUT2D eigenvalue weighted by Crippen LogP contribution is -2.25. The minimum absolute atomic E-state index is 0.0645. The fourth-order valence-corrected chi connectivity index (χ4v) is 3.12. The highest BCUT2D eigenvalue weighted by Crippen LogP contribution is 2.48. The van der Waals surface area contributed by atoms with Gasteiger partial charge in [0.05, 0.1) is 6.54 Å². The van der Waals surface area contributed by atoms with Gasteiger partial charge in [0.25, 0.3) is 0 Å². The molecule has 2 N–H and O–H groups in total. The first-order valence-corrected chi connectivity index (χ1v) is 7.74. The molecule has 1 aromatic carbocycles. The fourth-order valence-electron chi connectivity index (χ4n) is 2.41. The molecule has 120 valence electrons. The third-order valence-electron chi connectivity index (χ3n) is 3.67. The number of benzene rings is 1. The lowest BCUT2D eigenvalue weighted by Gasteiger charge is -2.04. The van der Waals surface area contributed by atoms with Gasteiger partial charge in [-0.1, -0.05) is 0 Å². The maximum absolute atomic E-state index is 13.7. The molecule has 0 aliphatic heterocycles. The Balaban J connectivity index is 1.58. The molecule has 1 amide bonds. The van der Waals surface area contributed by atoms with Crippen LogP contribution >= 0.6 is 11.3 Å². The van der Waals surface area contributed by atoms with Crippen LogP contribution in [0.2, 0.25) is 0 Å². The number of hydrogen-bond acceptors (Lipinski definition) is 4. The summed E-state index contributed by atoms with van der Waals surface area (Å²) < 4.78 is 26.8. The van der Waals surface area contributed by atoms with Gasteiger partial charge in [-0.3, -0.25) is 4.79 Å². The fraction of sp³-hybridized carbons (Fsp3) is 0.267. The van der Waals surface area contributed by atoms with E-state index in [9.17, 15) is 18.4 Å². The molecule has 1 aliphatic rings. The summed E-state index contributed by atoms with van der Waals surface area (Å²) in [4.78, 5) is 26.6. The number of amides is 1. The average Bonchev–Trinajstić information content (AvgIpc) is 3.16. The van der Waals surface area contributed by atoms with E-state index in [0.29, 0.717) is 11.4 Å². The Labute approximate surface area is 134 Å². The van der Waals surface area contributed by atoms with Crippen molar-refractivity contribution in [3.8, 4) is 0 Å². The van der Waals surface area contributed by atoms with E-state index in [4.69, 9.17) is 5.11 Å². The van der Waals surface area contributed by atoms with Crippen molar-refractivity contribution in [1.29, 1.82) is 0 Å². The third kappa shape index (κ3) is 3.37. The van der Waals surface area contributed by atoms with E-state index in [2.05, 4.69) is 10.3 Å². The van der Waals surface area contributed by atoms with Crippen molar-refractivity contribution in [2.45, 2.75) is 18.9 Å². The normalized spacial score (nSPS) is 19.4. The maximum Gasteiger partial charge on any atom is 0.355 e. The van der Waals surface area contributed by atoms with E-state index in [0.717, 1.165) is 29.5 Å². The minimum atomic E-state index is -1.12. The van der Waals surface area contributed by atoms with Gasteiger partial charge in [-0.25, -0.2) is 18.6 Å². The molecule has 2 unspecified atom stereocenters. The molecule has 0 spiro atoms. The van der Waals surface area contributed by atoms with E-state index in [1.54, 1.807) is 0 Å². The van der Waals surface area contributed by atoms with E-state index < -0.39 is 23.5 Å². The van der Waals surface area contributed by atoms with Gasteiger partial charge in [-0.05, 0) is 36.1 Å². The van der Waals surface area contributed by atoms with Crippen LogP contribution < -0.4 is 5.32 Å². The second kappa shape index (κ2) is 6.04. The van der Waals surface area contributed by atoms with Crippen molar-refractivity contribution in [2.24, 2.45) is 5.92 Å². The molecule has 0 saturated heterocycles. The quantitative estimate of drug-likeness (QED) is 0.878. The summed E-state index contributed by atoms with van der Waals surface area (Å²) >= 11 is 1.14. The molecule has 1 fully saturated rings. The van der Waals surface area contributed by atoms with Crippen molar-refractivity contribution < 1.29 is 23.5 Å².